The fourth-order valence-electron chi connectivity index (χ4n) is 4.83. The number of fused-ring (bicyclic) bond motifs is 3. The van der Waals surface area contributed by atoms with Crippen molar-refractivity contribution >= 4 is 6.03 Å². The molecule has 2 aromatic rings. The van der Waals surface area contributed by atoms with Crippen LogP contribution in [0.4, 0.5) is 4.79 Å². The predicted octanol–water partition coefficient (Wildman–Crippen LogP) is 2.96. The van der Waals surface area contributed by atoms with Crippen LogP contribution in [-0.4, -0.2) is 39.8 Å². The van der Waals surface area contributed by atoms with Gasteiger partial charge in [0.2, 0.25) is 0 Å². The van der Waals surface area contributed by atoms with Gasteiger partial charge in [-0.3, -0.25) is 4.68 Å². The molecule has 2 fully saturated rings. The van der Waals surface area contributed by atoms with Gasteiger partial charge >= 0.3 is 6.03 Å². The minimum atomic E-state index is 0.121. The maximum Gasteiger partial charge on any atom is 0.317 e. The molecule has 2 heterocycles. The molecule has 5 nitrogen and oxygen atoms in total. The molecule has 3 unspecified atom stereocenters. The van der Waals surface area contributed by atoms with Crippen molar-refractivity contribution in [3.63, 3.8) is 0 Å². The molecule has 25 heavy (non-hydrogen) atoms. The van der Waals surface area contributed by atoms with Gasteiger partial charge in [0, 0.05) is 37.4 Å². The van der Waals surface area contributed by atoms with Crippen LogP contribution < -0.4 is 5.32 Å². The van der Waals surface area contributed by atoms with Gasteiger partial charge in [0.25, 0.3) is 0 Å². The zero-order valence-corrected chi connectivity index (χ0v) is 14.3. The average Bonchev–Trinajstić information content (AvgIpc) is 3.09. The summed E-state index contributed by atoms with van der Waals surface area (Å²) in [4.78, 5) is 14.7. The van der Waals surface area contributed by atoms with Gasteiger partial charge in [-0.2, -0.15) is 5.10 Å². The van der Waals surface area contributed by atoms with Gasteiger partial charge in [-0.05, 0) is 48.8 Å². The maximum atomic E-state index is 12.7. The van der Waals surface area contributed by atoms with Gasteiger partial charge in [-0.25, -0.2) is 4.79 Å². The van der Waals surface area contributed by atoms with Gasteiger partial charge in [-0.1, -0.05) is 24.3 Å². The molecule has 130 valence electrons. The lowest BCUT2D eigenvalue weighted by Gasteiger charge is -2.32. The van der Waals surface area contributed by atoms with E-state index in [1.165, 1.54) is 17.5 Å². The molecular formula is C20H24N4O. The van der Waals surface area contributed by atoms with E-state index < -0.39 is 0 Å². The minimum absolute atomic E-state index is 0.121. The fraction of sp³-hybridized carbons (Fsp3) is 0.500. The van der Waals surface area contributed by atoms with E-state index in [-0.39, 0.29) is 6.03 Å². The molecule has 1 aromatic carbocycles. The number of hydrogen-bond donors (Lipinski definition) is 1. The highest BCUT2D eigenvalue weighted by Gasteiger charge is 2.54. The summed E-state index contributed by atoms with van der Waals surface area (Å²) >= 11 is 0. The standard InChI is InChI=1S/C20H24N4O/c25-20(23-12-8-15(9-13-23)24-11-3-10-21-24)22-19-17-7-6-14-4-1-2-5-16(14)18(17)19/h1-5,10-11,15,17-19H,6-9,12-13H2,(H,22,25). The Bertz CT molecular complexity index is 764. The lowest BCUT2D eigenvalue weighted by atomic mass is 9.92. The number of aromatic nitrogens is 2. The quantitative estimate of drug-likeness (QED) is 0.917. The number of amides is 2. The summed E-state index contributed by atoms with van der Waals surface area (Å²) in [5.41, 5.74) is 2.93. The summed E-state index contributed by atoms with van der Waals surface area (Å²) < 4.78 is 2.03. The highest BCUT2D eigenvalue weighted by molar-refractivity contribution is 5.75. The van der Waals surface area contributed by atoms with Gasteiger partial charge in [0.1, 0.15) is 0 Å². The number of rotatable bonds is 2. The number of urea groups is 1. The van der Waals surface area contributed by atoms with Gasteiger partial charge in [-0.15, -0.1) is 0 Å². The van der Waals surface area contributed by atoms with Crippen LogP contribution in [0.1, 0.15) is 42.3 Å². The number of carbonyl (C=O) groups excluding carboxylic acids is 1. The first-order valence-corrected chi connectivity index (χ1v) is 9.43. The number of hydrogen-bond acceptors (Lipinski definition) is 2. The molecule has 0 bridgehead atoms. The Labute approximate surface area is 148 Å². The van der Waals surface area contributed by atoms with Crippen molar-refractivity contribution in [3.8, 4) is 0 Å². The first-order valence-electron chi connectivity index (χ1n) is 9.43. The Balaban J connectivity index is 1.19. The Morgan fingerprint density at radius 2 is 1.96 bits per heavy atom. The second-order valence-corrected chi connectivity index (χ2v) is 7.61. The molecule has 3 atom stereocenters. The summed E-state index contributed by atoms with van der Waals surface area (Å²) in [5, 5.41) is 7.66. The van der Waals surface area contributed by atoms with Crippen LogP contribution in [0, 0.1) is 5.92 Å². The summed E-state index contributed by atoms with van der Waals surface area (Å²) in [6.07, 6.45) is 8.16. The number of nitrogens with one attached hydrogen (secondary N) is 1. The maximum absolute atomic E-state index is 12.7. The number of nitrogens with zero attached hydrogens (tertiary/aromatic N) is 3. The second kappa shape index (κ2) is 5.90. The number of likely N-dealkylation sites (tertiary alicyclic amines) is 1. The van der Waals surface area contributed by atoms with Gasteiger partial charge in [0.15, 0.2) is 0 Å². The number of benzene rings is 1. The van der Waals surface area contributed by atoms with Gasteiger partial charge in [0.05, 0.1) is 6.04 Å². The molecule has 5 rings (SSSR count). The van der Waals surface area contributed by atoms with Gasteiger partial charge < -0.3 is 10.2 Å². The number of carbonyl (C=O) groups is 1. The third-order valence-electron chi connectivity index (χ3n) is 6.27. The monoisotopic (exact) mass is 336 g/mol. The second-order valence-electron chi connectivity index (χ2n) is 7.61. The number of piperidine rings is 1. The van der Waals surface area contributed by atoms with Crippen molar-refractivity contribution in [3.05, 3.63) is 53.9 Å². The highest BCUT2D eigenvalue weighted by Crippen LogP contribution is 2.54. The zero-order chi connectivity index (χ0) is 16.8. The lowest BCUT2D eigenvalue weighted by molar-refractivity contribution is 0.167. The molecule has 0 radical (unpaired) electrons. The minimum Gasteiger partial charge on any atom is -0.334 e. The summed E-state index contributed by atoms with van der Waals surface area (Å²) in [6.45, 7) is 1.63. The van der Waals surface area contributed by atoms with E-state index in [0.717, 1.165) is 32.4 Å². The van der Waals surface area contributed by atoms with Crippen molar-refractivity contribution < 1.29 is 4.79 Å². The molecule has 5 heteroatoms. The Hall–Kier alpha value is -2.30. The zero-order valence-electron chi connectivity index (χ0n) is 14.3. The molecule has 1 saturated carbocycles. The van der Waals surface area contributed by atoms with E-state index in [1.54, 1.807) is 0 Å². The summed E-state index contributed by atoms with van der Waals surface area (Å²) in [6, 6.07) is 11.6. The topological polar surface area (TPSA) is 50.2 Å². The molecule has 1 N–H and O–H groups in total. The molecular weight excluding hydrogens is 312 g/mol. The predicted molar refractivity (Wildman–Crippen MR) is 95.4 cm³/mol. The summed E-state index contributed by atoms with van der Waals surface area (Å²) in [7, 11) is 0. The molecule has 2 amide bonds. The first kappa shape index (κ1) is 15.0. The van der Waals surface area contributed by atoms with Crippen molar-refractivity contribution in [2.75, 3.05) is 13.1 Å². The van der Waals surface area contributed by atoms with Crippen LogP contribution in [0.15, 0.2) is 42.7 Å². The smallest absolute Gasteiger partial charge is 0.317 e. The van der Waals surface area contributed by atoms with Crippen molar-refractivity contribution in [1.82, 2.24) is 20.0 Å². The van der Waals surface area contributed by atoms with E-state index in [1.807, 2.05) is 28.0 Å². The fourth-order valence-corrected chi connectivity index (χ4v) is 4.83. The SMILES string of the molecule is O=C(NC1C2CCc3ccccc3C21)N1CCC(n2cccn2)CC1. The molecule has 1 saturated heterocycles. The average molecular weight is 336 g/mol. The van der Waals surface area contributed by atoms with Crippen molar-refractivity contribution in [1.29, 1.82) is 0 Å². The normalized spacial score (nSPS) is 28.2. The van der Waals surface area contributed by atoms with Crippen LogP contribution in [0.25, 0.3) is 0 Å². The largest absolute Gasteiger partial charge is 0.334 e. The molecule has 0 spiro atoms. The Kier molecular flexibility index (Phi) is 3.54. The van der Waals surface area contributed by atoms with Crippen LogP contribution in [0.5, 0.6) is 0 Å². The summed E-state index contributed by atoms with van der Waals surface area (Å²) in [5.74, 6) is 1.18. The van der Waals surface area contributed by atoms with E-state index in [2.05, 4.69) is 34.7 Å². The van der Waals surface area contributed by atoms with Crippen LogP contribution in [0.2, 0.25) is 0 Å². The third kappa shape index (κ3) is 2.62. The van der Waals surface area contributed by atoms with E-state index in [9.17, 15) is 4.79 Å². The van der Waals surface area contributed by atoms with Crippen LogP contribution in [-0.2, 0) is 6.42 Å². The van der Waals surface area contributed by atoms with Crippen molar-refractivity contribution in [2.24, 2.45) is 5.92 Å². The first-order chi connectivity index (χ1) is 12.3. The number of aryl methyl sites for hydroxylation is 1. The highest BCUT2D eigenvalue weighted by atomic mass is 16.2. The molecule has 2 aliphatic carbocycles. The van der Waals surface area contributed by atoms with E-state index in [4.69, 9.17) is 0 Å². The third-order valence-corrected chi connectivity index (χ3v) is 6.27. The Morgan fingerprint density at radius 3 is 2.76 bits per heavy atom. The van der Waals surface area contributed by atoms with E-state index >= 15 is 0 Å². The van der Waals surface area contributed by atoms with Crippen molar-refractivity contribution in [2.45, 2.75) is 43.7 Å². The Morgan fingerprint density at radius 1 is 1.12 bits per heavy atom. The van der Waals surface area contributed by atoms with Crippen LogP contribution >= 0.6 is 0 Å². The lowest BCUT2D eigenvalue weighted by Crippen LogP contribution is -2.46. The molecule has 3 aliphatic rings. The van der Waals surface area contributed by atoms with E-state index in [0.29, 0.717) is 23.9 Å². The molecule has 1 aliphatic heterocycles. The molecule has 1 aromatic heterocycles. The van der Waals surface area contributed by atoms with Crippen LogP contribution in [0.3, 0.4) is 0 Å².